The summed E-state index contributed by atoms with van der Waals surface area (Å²) < 4.78 is 0.778. The number of primary amides is 1. The van der Waals surface area contributed by atoms with Crippen LogP contribution in [0.15, 0.2) is 22.7 Å². The summed E-state index contributed by atoms with van der Waals surface area (Å²) in [5, 5.41) is 3.65. The number of benzene rings is 1. The quantitative estimate of drug-likeness (QED) is 0.873. The van der Waals surface area contributed by atoms with E-state index in [4.69, 9.17) is 5.73 Å². The highest BCUT2D eigenvalue weighted by molar-refractivity contribution is 9.10. The topological polar surface area (TPSA) is 58.4 Å². The van der Waals surface area contributed by atoms with E-state index in [2.05, 4.69) is 26.1 Å². The molecule has 2 fully saturated rings. The van der Waals surface area contributed by atoms with E-state index in [1.807, 2.05) is 18.2 Å². The zero-order valence-corrected chi connectivity index (χ0v) is 12.3. The fraction of sp³-hybridized carbons (Fsp3) is 0.500. The van der Waals surface area contributed by atoms with E-state index in [-0.39, 0.29) is 5.91 Å². The van der Waals surface area contributed by atoms with Crippen molar-refractivity contribution < 1.29 is 4.79 Å². The predicted octanol–water partition coefficient (Wildman–Crippen LogP) is 1.88. The van der Waals surface area contributed by atoms with Crippen LogP contribution in [0.25, 0.3) is 0 Å². The van der Waals surface area contributed by atoms with E-state index in [1.165, 1.54) is 12.8 Å². The molecule has 2 saturated heterocycles. The lowest BCUT2D eigenvalue weighted by Crippen LogP contribution is -2.36. The van der Waals surface area contributed by atoms with E-state index in [0.29, 0.717) is 17.6 Å². The van der Waals surface area contributed by atoms with Crippen molar-refractivity contribution in [3.8, 4) is 0 Å². The van der Waals surface area contributed by atoms with Gasteiger partial charge in [-0.25, -0.2) is 0 Å². The van der Waals surface area contributed by atoms with Crippen molar-refractivity contribution in [1.82, 2.24) is 5.32 Å². The number of hydrogen-bond donors (Lipinski definition) is 2. The molecular formula is C14H18BrN3O. The van der Waals surface area contributed by atoms with Crippen molar-refractivity contribution in [2.75, 3.05) is 18.0 Å². The first-order valence-corrected chi connectivity index (χ1v) is 7.54. The first-order chi connectivity index (χ1) is 9.15. The van der Waals surface area contributed by atoms with Gasteiger partial charge in [-0.2, -0.15) is 0 Å². The van der Waals surface area contributed by atoms with Crippen molar-refractivity contribution >= 4 is 27.5 Å². The van der Waals surface area contributed by atoms with Gasteiger partial charge in [0, 0.05) is 29.6 Å². The SMILES string of the molecule is NC(=O)c1c(Br)cccc1N1CCC2CCC(C1)N2. The van der Waals surface area contributed by atoms with Crippen LogP contribution in [-0.2, 0) is 0 Å². The smallest absolute Gasteiger partial charge is 0.251 e. The molecule has 2 unspecified atom stereocenters. The van der Waals surface area contributed by atoms with Crippen LogP contribution in [-0.4, -0.2) is 31.1 Å². The zero-order valence-electron chi connectivity index (χ0n) is 10.7. The van der Waals surface area contributed by atoms with E-state index in [0.717, 1.165) is 29.7 Å². The molecule has 2 heterocycles. The largest absolute Gasteiger partial charge is 0.369 e. The van der Waals surface area contributed by atoms with Crippen molar-refractivity contribution in [1.29, 1.82) is 0 Å². The summed E-state index contributed by atoms with van der Waals surface area (Å²) in [7, 11) is 0. The maximum absolute atomic E-state index is 11.7. The van der Waals surface area contributed by atoms with E-state index in [9.17, 15) is 4.79 Å². The Balaban J connectivity index is 1.93. The predicted molar refractivity (Wildman–Crippen MR) is 79.4 cm³/mol. The molecule has 4 nitrogen and oxygen atoms in total. The Morgan fingerprint density at radius 3 is 2.89 bits per heavy atom. The first-order valence-electron chi connectivity index (χ1n) is 6.74. The number of nitrogens with zero attached hydrogens (tertiary/aromatic N) is 1. The molecule has 1 amide bonds. The third-order valence-corrected chi connectivity index (χ3v) is 4.76. The van der Waals surface area contributed by atoms with E-state index >= 15 is 0 Å². The van der Waals surface area contributed by atoms with Crippen LogP contribution in [0.5, 0.6) is 0 Å². The molecule has 2 aliphatic rings. The Morgan fingerprint density at radius 2 is 2.11 bits per heavy atom. The molecule has 0 aliphatic carbocycles. The number of halogens is 1. The molecule has 19 heavy (non-hydrogen) atoms. The Hall–Kier alpha value is -1.07. The molecule has 0 radical (unpaired) electrons. The average molecular weight is 324 g/mol. The second kappa shape index (κ2) is 5.13. The second-order valence-corrected chi connectivity index (χ2v) is 6.23. The van der Waals surface area contributed by atoms with Gasteiger partial charge in [0.2, 0.25) is 0 Å². The zero-order chi connectivity index (χ0) is 13.4. The summed E-state index contributed by atoms with van der Waals surface area (Å²) in [6.07, 6.45) is 3.63. The lowest BCUT2D eigenvalue weighted by atomic mass is 10.1. The van der Waals surface area contributed by atoms with E-state index < -0.39 is 0 Å². The van der Waals surface area contributed by atoms with Crippen LogP contribution in [0.1, 0.15) is 29.6 Å². The maximum Gasteiger partial charge on any atom is 0.251 e. The van der Waals surface area contributed by atoms with Crippen LogP contribution in [0.4, 0.5) is 5.69 Å². The van der Waals surface area contributed by atoms with Crippen molar-refractivity contribution in [2.45, 2.75) is 31.3 Å². The second-order valence-electron chi connectivity index (χ2n) is 5.37. The van der Waals surface area contributed by atoms with Gasteiger partial charge < -0.3 is 16.0 Å². The number of rotatable bonds is 2. The number of hydrogen-bond acceptors (Lipinski definition) is 3. The number of amides is 1. The summed E-state index contributed by atoms with van der Waals surface area (Å²) in [4.78, 5) is 14.0. The molecule has 0 aromatic heterocycles. The monoisotopic (exact) mass is 323 g/mol. The Labute approximate surface area is 121 Å². The standard InChI is InChI=1S/C14H18BrN3O/c15-11-2-1-3-12(13(11)14(16)19)18-7-6-9-4-5-10(8-18)17-9/h1-3,9-10,17H,4-8H2,(H2,16,19). The fourth-order valence-electron chi connectivity index (χ4n) is 3.18. The molecule has 2 aliphatic heterocycles. The first kappa shape index (κ1) is 12.9. The highest BCUT2D eigenvalue weighted by Crippen LogP contribution is 2.30. The molecule has 102 valence electrons. The van der Waals surface area contributed by atoms with Crippen LogP contribution in [0, 0.1) is 0 Å². The highest BCUT2D eigenvalue weighted by Gasteiger charge is 2.30. The van der Waals surface area contributed by atoms with E-state index in [1.54, 1.807) is 0 Å². The summed E-state index contributed by atoms with van der Waals surface area (Å²) in [5.41, 5.74) is 7.08. The van der Waals surface area contributed by atoms with Gasteiger partial charge in [-0.15, -0.1) is 0 Å². The summed E-state index contributed by atoms with van der Waals surface area (Å²) >= 11 is 3.43. The summed E-state index contributed by atoms with van der Waals surface area (Å²) in [5.74, 6) is -0.371. The third kappa shape index (κ3) is 2.49. The molecule has 1 aromatic rings. The minimum atomic E-state index is -0.371. The Morgan fingerprint density at radius 1 is 1.32 bits per heavy atom. The lowest BCUT2D eigenvalue weighted by molar-refractivity contribution is 0.1000. The normalized spacial score (nSPS) is 26.3. The number of carbonyl (C=O) groups is 1. The summed E-state index contributed by atoms with van der Waals surface area (Å²) in [6.45, 7) is 1.93. The number of nitrogens with two attached hydrogens (primary N) is 1. The minimum absolute atomic E-state index is 0.371. The van der Waals surface area contributed by atoms with Crippen LogP contribution < -0.4 is 16.0 Å². The van der Waals surface area contributed by atoms with Gasteiger partial charge in [0.05, 0.1) is 11.3 Å². The van der Waals surface area contributed by atoms with Gasteiger partial charge in [0.1, 0.15) is 0 Å². The van der Waals surface area contributed by atoms with Crippen molar-refractivity contribution in [3.63, 3.8) is 0 Å². The number of anilines is 1. The lowest BCUT2D eigenvalue weighted by Gasteiger charge is -2.28. The molecule has 0 spiro atoms. The summed E-state index contributed by atoms with van der Waals surface area (Å²) in [6, 6.07) is 6.99. The average Bonchev–Trinajstić information content (AvgIpc) is 2.68. The van der Waals surface area contributed by atoms with Gasteiger partial charge in [0.15, 0.2) is 0 Å². The molecule has 0 saturated carbocycles. The maximum atomic E-state index is 11.7. The molecule has 2 bridgehead atoms. The van der Waals surface area contributed by atoms with Crippen molar-refractivity contribution in [2.24, 2.45) is 5.73 Å². The minimum Gasteiger partial charge on any atom is -0.369 e. The highest BCUT2D eigenvalue weighted by atomic mass is 79.9. The molecular weight excluding hydrogens is 306 g/mol. The molecule has 1 aromatic carbocycles. The van der Waals surface area contributed by atoms with Crippen LogP contribution >= 0.6 is 15.9 Å². The van der Waals surface area contributed by atoms with Gasteiger partial charge >= 0.3 is 0 Å². The number of nitrogens with one attached hydrogen (secondary N) is 1. The van der Waals surface area contributed by atoms with Crippen molar-refractivity contribution in [3.05, 3.63) is 28.2 Å². The Kier molecular flexibility index (Phi) is 3.50. The third-order valence-electron chi connectivity index (χ3n) is 4.10. The van der Waals surface area contributed by atoms with Gasteiger partial charge in [-0.1, -0.05) is 6.07 Å². The number of carbonyl (C=O) groups excluding carboxylic acids is 1. The molecule has 3 N–H and O–H groups in total. The van der Waals surface area contributed by atoms with Crippen LogP contribution in [0.2, 0.25) is 0 Å². The van der Waals surface area contributed by atoms with Crippen LogP contribution in [0.3, 0.4) is 0 Å². The van der Waals surface area contributed by atoms with Gasteiger partial charge in [-0.05, 0) is 47.3 Å². The molecule has 2 atom stereocenters. The number of fused-ring (bicyclic) bond motifs is 2. The fourth-order valence-corrected chi connectivity index (χ4v) is 3.73. The van der Waals surface area contributed by atoms with Gasteiger partial charge in [0.25, 0.3) is 5.91 Å². The Bertz CT molecular complexity index is 505. The molecule has 3 rings (SSSR count). The molecule has 5 heteroatoms. The van der Waals surface area contributed by atoms with Gasteiger partial charge in [-0.3, -0.25) is 4.79 Å².